The van der Waals surface area contributed by atoms with E-state index in [0.717, 1.165) is 38.6 Å². The molecule has 1 fully saturated rings. The molecule has 1 aliphatic heterocycles. The molecule has 0 aromatic heterocycles. The van der Waals surface area contributed by atoms with Crippen LogP contribution in [0.1, 0.15) is 31.4 Å². The number of nitrogens with zero attached hydrogens (tertiary/aromatic N) is 1. The lowest BCUT2D eigenvalue weighted by atomic mass is 10.2. The zero-order valence-corrected chi connectivity index (χ0v) is 19.2. The number of hydrogen-bond donors (Lipinski definition) is 0. The molecule has 0 saturated carbocycles. The summed E-state index contributed by atoms with van der Waals surface area (Å²) < 4.78 is 6.82. The molecular weight excluding hydrogens is 509 g/mol. The number of benzene rings is 2. The standard InChI is InChI=1S/C21H19ClINO3S/c1-3-13(2)24-20(25)19(28-21(24)26)11-15-6-9-18(17(23)10-15)27-12-14-4-7-16(22)8-5-14/h4-11,13H,3,12H2,1-2H3/b19-11+/t13-/m1/s1. The van der Waals surface area contributed by atoms with Crippen molar-refractivity contribution in [2.75, 3.05) is 0 Å². The van der Waals surface area contributed by atoms with E-state index < -0.39 is 0 Å². The van der Waals surface area contributed by atoms with E-state index >= 15 is 0 Å². The second kappa shape index (κ2) is 9.33. The molecule has 146 valence electrons. The van der Waals surface area contributed by atoms with Crippen molar-refractivity contribution in [2.24, 2.45) is 0 Å². The average molecular weight is 528 g/mol. The molecule has 1 saturated heterocycles. The molecule has 0 radical (unpaired) electrons. The van der Waals surface area contributed by atoms with Crippen LogP contribution in [0.3, 0.4) is 0 Å². The van der Waals surface area contributed by atoms with Crippen LogP contribution in [0.25, 0.3) is 6.08 Å². The van der Waals surface area contributed by atoms with E-state index in [0.29, 0.717) is 16.5 Å². The average Bonchev–Trinajstić information content (AvgIpc) is 2.95. The molecule has 1 atom stereocenters. The Morgan fingerprint density at radius 1 is 1.21 bits per heavy atom. The second-order valence-corrected chi connectivity index (χ2v) is 9.01. The normalized spacial score (nSPS) is 16.7. The second-order valence-electron chi connectivity index (χ2n) is 6.41. The lowest BCUT2D eigenvalue weighted by Crippen LogP contribution is -2.36. The highest BCUT2D eigenvalue weighted by molar-refractivity contribution is 14.1. The molecular formula is C21H19ClINO3S. The number of hydrogen-bond acceptors (Lipinski definition) is 4. The third-order valence-electron chi connectivity index (χ3n) is 4.42. The maximum absolute atomic E-state index is 12.5. The lowest BCUT2D eigenvalue weighted by molar-refractivity contribution is -0.124. The van der Waals surface area contributed by atoms with Crippen molar-refractivity contribution in [3.05, 3.63) is 67.1 Å². The van der Waals surface area contributed by atoms with Crippen molar-refractivity contribution < 1.29 is 14.3 Å². The molecule has 3 rings (SSSR count). The van der Waals surface area contributed by atoms with Gasteiger partial charge in [-0.2, -0.15) is 0 Å². The predicted octanol–water partition coefficient (Wildman–Crippen LogP) is 6.36. The van der Waals surface area contributed by atoms with Gasteiger partial charge < -0.3 is 4.74 Å². The van der Waals surface area contributed by atoms with Crippen LogP contribution in [-0.4, -0.2) is 22.1 Å². The van der Waals surface area contributed by atoms with Gasteiger partial charge in [0.25, 0.3) is 11.1 Å². The Balaban J connectivity index is 1.72. The van der Waals surface area contributed by atoms with E-state index in [2.05, 4.69) is 22.6 Å². The lowest BCUT2D eigenvalue weighted by Gasteiger charge is -2.19. The quantitative estimate of drug-likeness (QED) is 0.324. The smallest absolute Gasteiger partial charge is 0.293 e. The van der Waals surface area contributed by atoms with E-state index in [1.165, 1.54) is 4.90 Å². The zero-order valence-electron chi connectivity index (χ0n) is 15.4. The van der Waals surface area contributed by atoms with Crippen LogP contribution in [-0.2, 0) is 11.4 Å². The third-order valence-corrected chi connectivity index (χ3v) is 6.40. The molecule has 4 nitrogen and oxygen atoms in total. The number of halogens is 2. The zero-order chi connectivity index (χ0) is 20.3. The highest BCUT2D eigenvalue weighted by Gasteiger charge is 2.37. The number of amides is 2. The Hall–Kier alpha value is -1.51. The first-order valence-electron chi connectivity index (χ1n) is 8.83. The van der Waals surface area contributed by atoms with Crippen LogP contribution in [0.15, 0.2) is 47.4 Å². The molecule has 2 aromatic rings. The van der Waals surface area contributed by atoms with Gasteiger partial charge in [0.05, 0.1) is 8.48 Å². The molecule has 0 N–H and O–H groups in total. The Morgan fingerprint density at radius 3 is 2.57 bits per heavy atom. The Labute approximate surface area is 187 Å². The van der Waals surface area contributed by atoms with Gasteiger partial charge in [-0.15, -0.1) is 0 Å². The number of imide groups is 1. The van der Waals surface area contributed by atoms with Gasteiger partial charge in [-0.3, -0.25) is 14.5 Å². The van der Waals surface area contributed by atoms with Crippen LogP contribution >= 0.6 is 46.0 Å². The highest BCUT2D eigenvalue weighted by Crippen LogP contribution is 2.35. The first-order chi connectivity index (χ1) is 13.4. The van der Waals surface area contributed by atoms with Crippen LogP contribution in [0.5, 0.6) is 5.75 Å². The van der Waals surface area contributed by atoms with Crippen molar-refractivity contribution in [1.82, 2.24) is 4.90 Å². The van der Waals surface area contributed by atoms with E-state index in [1.807, 2.05) is 56.3 Å². The molecule has 2 amide bonds. The molecule has 0 bridgehead atoms. The monoisotopic (exact) mass is 527 g/mol. The minimum atomic E-state index is -0.220. The maximum atomic E-state index is 12.5. The van der Waals surface area contributed by atoms with E-state index in [1.54, 1.807) is 6.08 Å². The molecule has 0 unspecified atom stereocenters. The van der Waals surface area contributed by atoms with Gasteiger partial charge in [0.15, 0.2) is 0 Å². The number of rotatable bonds is 6. The van der Waals surface area contributed by atoms with Crippen molar-refractivity contribution in [2.45, 2.75) is 32.9 Å². The summed E-state index contributed by atoms with van der Waals surface area (Å²) in [7, 11) is 0. The van der Waals surface area contributed by atoms with Crippen molar-refractivity contribution in [3.8, 4) is 5.75 Å². The molecule has 1 aliphatic rings. The summed E-state index contributed by atoms with van der Waals surface area (Å²) >= 11 is 9.10. The summed E-state index contributed by atoms with van der Waals surface area (Å²) in [6, 6.07) is 13.1. The number of carbonyl (C=O) groups excluding carboxylic acids is 2. The molecule has 1 heterocycles. The van der Waals surface area contributed by atoms with Gasteiger partial charge >= 0.3 is 0 Å². The molecule has 0 spiro atoms. The topological polar surface area (TPSA) is 46.6 Å². The number of ether oxygens (including phenoxy) is 1. The fourth-order valence-electron chi connectivity index (χ4n) is 2.66. The minimum Gasteiger partial charge on any atom is -0.488 e. The van der Waals surface area contributed by atoms with Gasteiger partial charge in [-0.05, 0) is 89.2 Å². The largest absolute Gasteiger partial charge is 0.488 e. The first kappa shape index (κ1) is 21.2. The third kappa shape index (κ3) is 4.90. The Bertz CT molecular complexity index is 930. The van der Waals surface area contributed by atoms with E-state index in [9.17, 15) is 9.59 Å². The fraction of sp³-hybridized carbons (Fsp3) is 0.238. The Kier molecular flexibility index (Phi) is 7.06. The number of thioether (sulfide) groups is 1. The van der Waals surface area contributed by atoms with Crippen molar-refractivity contribution >= 4 is 63.2 Å². The van der Waals surface area contributed by atoms with Crippen LogP contribution in [0.2, 0.25) is 5.02 Å². The summed E-state index contributed by atoms with van der Waals surface area (Å²) in [6.07, 6.45) is 2.50. The van der Waals surface area contributed by atoms with Gasteiger partial charge in [0.2, 0.25) is 0 Å². The Morgan fingerprint density at radius 2 is 1.93 bits per heavy atom. The van der Waals surface area contributed by atoms with Gasteiger partial charge in [0.1, 0.15) is 12.4 Å². The summed E-state index contributed by atoms with van der Waals surface area (Å²) in [5.41, 5.74) is 1.89. The summed E-state index contributed by atoms with van der Waals surface area (Å²) in [5.74, 6) is 0.544. The van der Waals surface area contributed by atoms with E-state index in [-0.39, 0.29) is 17.2 Å². The van der Waals surface area contributed by atoms with Gasteiger partial charge in [0, 0.05) is 11.1 Å². The molecule has 7 heteroatoms. The summed E-state index contributed by atoms with van der Waals surface area (Å²) in [6.45, 7) is 4.29. The summed E-state index contributed by atoms with van der Waals surface area (Å²) in [5, 5.41) is 0.489. The predicted molar refractivity (Wildman–Crippen MR) is 123 cm³/mol. The fourth-order valence-corrected chi connectivity index (χ4v) is 4.41. The number of carbonyl (C=O) groups is 2. The molecule has 2 aromatic carbocycles. The van der Waals surface area contributed by atoms with Crippen molar-refractivity contribution in [1.29, 1.82) is 0 Å². The highest BCUT2D eigenvalue weighted by atomic mass is 127. The van der Waals surface area contributed by atoms with Gasteiger partial charge in [-0.25, -0.2) is 0 Å². The molecule has 0 aliphatic carbocycles. The van der Waals surface area contributed by atoms with Crippen molar-refractivity contribution in [3.63, 3.8) is 0 Å². The van der Waals surface area contributed by atoms with Crippen LogP contribution in [0, 0.1) is 3.57 Å². The summed E-state index contributed by atoms with van der Waals surface area (Å²) in [4.78, 5) is 26.5. The van der Waals surface area contributed by atoms with Crippen LogP contribution in [0.4, 0.5) is 4.79 Å². The molecule has 28 heavy (non-hydrogen) atoms. The maximum Gasteiger partial charge on any atom is 0.293 e. The first-order valence-corrected chi connectivity index (χ1v) is 11.1. The van der Waals surface area contributed by atoms with Gasteiger partial charge in [-0.1, -0.05) is 36.7 Å². The van der Waals surface area contributed by atoms with E-state index in [4.69, 9.17) is 16.3 Å². The SMILES string of the molecule is CC[C@@H](C)N1C(=O)S/C(=C/c2ccc(OCc3ccc(Cl)cc3)c(I)c2)C1=O. The van der Waals surface area contributed by atoms with Crippen LogP contribution < -0.4 is 4.74 Å². The minimum absolute atomic E-state index is 0.0952.